The van der Waals surface area contributed by atoms with Crippen LogP contribution in [0.5, 0.6) is 0 Å². The summed E-state index contributed by atoms with van der Waals surface area (Å²) in [6.07, 6.45) is 0.578. The van der Waals surface area contributed by atoms with Crippen LogP contribution in [-0.4, -0.2) is 49.3 Å². The monoisotopic (exact) mass is 457 g/mol. The molecular weight excluding hydrogens is 428 g/mol. The van der Waals surface area contributed by atoms with Gasteiger partial charge in [0.25, 0.3) is 5.91 Å². The number of hydrogen-bond acceptors (Lipinski definition) is 5. The van der Waals surface area contributed by atoms with E-state index in [0.717, 1.165) is 0 Å². The average molecular weight is 458 g/mol. The lowest BCUT2D eigenvalue weighted by atomic mass is 10.1. The third kappa shape index (κ3) is 5.76. The van der Waals surface area contributed by atoms with Gasteiger partial charge < -0.3 is 19.1 Å². The fraction of sp³-hybridized carbons (Fsp3) is 0.360. The number of carbonyl (C=O) groups is 1. The van der Waals surface area contributed by atoms with Crippen molar-refractivity contribution >= 4 is 11.8 Å². The Morgan fingerprint density at radius 2 is 1.76 bits per heavy atom. The predicted molar refractivity (Wildman–Crippen MR) is 123 cm³/mol. The van der Waals surface area contributed by atoms with Gasteiger partial charge in [-0.1, -0.05) is 17.3 Å². The van der Waals surface area contributed by atoms with E-state index >= 15 is 0 Å². The highest BCUT2D eigenvalue weighted by Gasteiger charge is 2.27. The summed E-state index contributed by atoms with van der Waals surface area (Å²) in [6.45, 7) is 6.30. The van der Waals surface area contributed by atoms with Gasteiger partial charge in [0.05, 0.1) is 17.7 Å². The normalized spacial score (nSPS) is 10.9. The quantitative estimate of drug-likeness (QED) is 0.373. The van der Waals surface area contributed by atoms with E-state index in [0.29, 0.717) is 55.4 Å². The Hall–Kier alpha value is -3.26. The van der Waals surface area contributed by atoms with Crippen LogP contribution in [0, 0.1) is 11.6 Å². The zero-order valence-electron chi connectivity index (χ0n) is 19.2. The maximum absolute atomic E-state index is 14.4. The lowest BCUT2D eigenvalue weighted by Gasteiger charge is -2.25. The zero-order valence-corrected chi connectivity index (χ0v) is 19.2. The summed E-state index contributed by atoms with van der Waals surface area (Å²) in [4.78, 5) is 16.9. The smallest absolute Gasteiger partial charge is 0.257 e. The van der Waals surface area contributed by atoms with Gasteiger partial charge >= 0.3 is 0 Å². The second-order valence-corrected chi connectivity index (χ2v) is 7.55. The van der Waals surface area contributed by atoms with Crippen molar-refractivity contribution in [3.8, 4) is 11.3 Å². The van der Waals surface area contributed by atoms with Gasteiger partial charge in [0, 0.05) is 38.9 Å². The van der Waals surface area contributed by atoms with Crippen LogP contribution < -0.4 is 4.90 Å². The van der Waals surface area contributed by atoms with Gasteiger partial charge in [0.2, 0.25) is 5.88 Å². The second-order valence-electron chi connectivity index (χ2n) is 7.55. The maximum Gasteiger partial charge on any atom is 0.257 e. The Labute approximate surface area is 192 Å². The number of aromatic nitrogens is 1. The summed E-state index contributed by atoms with van der Waals surface area (Å²) in [5, 5.41) is 4.26. The molecule has 0 radical (unpaired) electrons. The molecule has 3 aromatic rings. The standard InChI is InChI=1S/C25H29F2N3O3/c1-4-29(5-2)25-21(23(28-33-25)18-11-13-19(26)14-12-18)17-30(15-8-16-32-3)24(31)20-9-6-7-10-22(20)27/h6-7,9-14H,4-5,8,15-17H2,1-3H3. The van der Waals surface area contributed by atoms with Crippen molar-refractivity contribution in [1.82, 2.24) is 10.1 Å². The van der Waals surface area contributed by atoms with E-state index in [4.69, 9.17) is 9.26 Å². The van der Waals surface area contributed by atoms with Crippen molar-refractivity contribution in [2.75, 3.05) is 38.3 Å². The number of nitrogens with zero attached hydrogens (tertiary/aromatic N) is 3. The molecule has 0 fully saturated rings. The number of methoxy groups -OCH3 is 1. The SMILES string of the molecule is CCN(CC)c1onc(-c2ccc(F)cc2)c1CN(CCCOC)C(=O)c1ccccc1F. The van der Waals surface area contributed by atoms with Crippen LogP contribution in [-0.2, 0) is 11.3 Å². The molecule has 0 aliphatic carbocycles. The van der Waals surface area contributed by atoms with Crippen molar-refractivity contribution < 1.29 is 22.8 Å². The predicted octanol–water partition coefficient (Wildman–Crippen LogP) is 5.14. The fourth-order valence-electron chi connectivity index (χ4n) is 3.68. The minimum atomic E-state index is -0.577. The van der Waals surface area contributed by atoms with Crippen molar-refractivity contribution in [2.45, 2.75) is 26.8 Å². The van der Waals surface area contributed by atoms with Gasteiger partial charge in [0.1, 0.15) is 17.3 Å². The van der Waals surface area contributed by atoms with Crippen molar-refractivity contribution in [3.63, 3.8) is 0 Å². The van der Waals surface area contributed by atoms with E-state index in [1.54, 1.807) is 36.3 Å². The lowest BCUT2D eigenvalue weighted by Crippen LogP contribution is -2.33. The number of halogens is 2. The van der Waals surface area contributed by atoms with Gasteiger partial charge in [0.15, 0.2) is 0 Å². The minimum absolute atomic E-state index is 0.000840. The van der Waals surface area contributed by atoms with Crippen LogP contribution in [0.2, 0.25) is 0 Å². The van der Waals surface area contributed by atoms with Crippen LogP contribution in [0.15, 0.2) is 53.1 Å². The molecule has 6 nitrogen and oxygen atoms in total. The molecule has 0 N–H and O–H groups in total. The van der Waals surface area contributed by atoms with Crippen LogP contribution in [0.3, 0.4) is 0 Å². The molecule has 1 aromatic heterocycles. The van der Waals surface area contributed by atoms with Gasteiger partial charge in [-0.05, 0) is 56.7 Å². The first-order valence-corrected chi connectivity index (χ1v) is 11.0. The summed E-state index contributed by atoms with van der Waals surface area (Å²) < 4.78 is 38.8. The Morgan fingerprint density at radius 3 is 2.39 bits per heavy atom. The first kappa shape index (κ1) is 24.4. The van der Waals surface area contributed by atoms with Gasteiger partial charge in [-0.15, -0.1) is 0 Å². The van der Waals surface area contributed by atoms with Crippen molar-refractivity contribution in [3.05, 3.63) is 71.3 Å². The minimum Gasteiger partial charge on any atom is -0.385 e. The highest BCUT2D eigenvalue weighted by Crippen LogP contribution is 2.33. The van der Waals surface area contributed by atoms with Crippen LogP contribution >= 0.6 is 0 Å². The lowest BCUT2D eigenvalue weighted by molar-refractivity contribution is 0.0719. The molecule has 0 aliphatic heterocycles. The molecule has 0 saturated heterocycles. The summed E-state index contributed by atoms with van der Waals surface area (Å²) in [7, 11) is 1.59. The van der Waals surface area contributed by atoms with Gasteiger partial charge in [-0.2, -0.15) is 0 Å². The number of hydrogen-bond donors (Lipinski definition) is 0. The Kier molecular flexibility index (Phi) is 8.54. The number of rotatable bonds is 11. The second kappa shape index (κ2) is 11.6. The number of amides is 1. The highest BCUT2D eigenvalue weighted by atomic mass is 19.1. The molecule has 0 aliphatic rings. The molecule has 8 heteroatoms. The van der Waals surface area contributed by atoms with Gasteiger partial charge in [-0.25, -0.2) is 8.78 Å². The van der Waals surface area contributed by atoms with E-state index in [1.165, 1.54) is 24.3 Å². The molecule has 2 aromatic carbocycles. The van der Waals surface area contributed by atoms with E-state index < -0.39 is 11.7 Å². The highest BCUT2D eigenvalue weighted by molar-refractivity contribution is 5.94. The first-order valence-electron chi connectivity index (χ1n) is 11.0. The third-order valence-electron chi connectivity index (χ3n) is 5.45. The van der Waals surface area contributed by atoms with E-state index in [-0.39, 0.29) is 17.9 Å². The largest absolute Gasteiger partial charge is 0.385 e. The zero-order chi connectivity index (χ0) is 23.8. The first-order chi connectivity index (χ1) is 16.0. The molecule has 1 heterocycles. The topological polar surface area (TPSA) is 58.8 Å². The average Bonchev–Trinajstić information content (AvgIpc) is 3.23. The molecule has 0 atom stereocenters. The number of carbonyl (C=O) groups excluding carboxylic acids is 1. The van der Waals surface area contributed by atoms with E-state index in [9.17, 15) is 13.6 Å². The van der Waals surface area contributed by atoms with E-state index in [2.05, 4.69) is 5.16 Å². The summed E-state index contributed by atoms with van der Waals surface area (Å²) in [5.74, 6) is -0.825. The van der Waals surface area contributed by atoms with Crippen LogP contribution in [0.1, 0.15) is 36.2 Å². The molecular formula is C25H29F2N3O3. The Balaban J connectivity index is 2.04. The van der Waals surface area contributed by atoms with Crippen LogP contribution in [0.4, 0.5) is 14.7 Å². The number of anilines is 1. The molecule has 3 rings (SSSR count). The molecule has 33 heavy (non-hydrogen) atoms. The Bertz CT molecular complexity index is 1050. The Morgan fingerprint density at radius 1 is 1.06 bits per heavy atom. The van der Waals surface area contributed by atoms with Crippen LogP contribution in [0.25, 0.3) is 11.3 Å². The summed E-state index contributed by atoms with van der Waals surface area (Å²) in [6, 6.07) is 11.9. The number of benzene rings is 2. The molecule has 0 bridgehead atoms. The molecule has 1 amide bonds. The van der Waals surface area contributed by atoms with Gasteiger partial charge in [-0.3, -0.25) is 4.79 Å². The molecule has 0 unspecified atom stereocenters. The van der Waals surface area contributed by atoms with E-state index in [1.807, 2.05) is 18.7 Å². The number of ether oxygens (including phenoxy) is 1. The molecule has 176 valence electrons. The fourth-order valence-corrected chi connectivity index (χ4v) is 3.68. The molecule has 0 spiro atoms. The van der Waals surface area contributed by atoms with Crippen molar-refractivity contribution in [2.24, 2.45) is 0 Å². The summed E-state index contributed by atoms with van der Waals surface area (Å²) >= 11 is 0. The third-order valence-corrected chi connectivity index (χ3v) is 5.45. The maximum atomic E-state index is 14.4. The molecule has 0 saturated carbocycles. The van der Waals surface area contributed by atoms with Crippen molar-refractivity contribution in [1.29, 1.82) is 0 Å². The summed E-state index contributed by atoms with van der Waals surface area (Å²) in [5.41, 5.74) is 1.88.